The second-order valence-corrected chi connectivity index (χ2v) is 3.25. The zero-order chi connectivity index (χ0) is 12.7. The van der Waals surface area contributed by atoms with Crippen LogP contribution in [0.3, 0.4) is 0 Å². The fourth-order valence-corrected chi connectivity index (χ4v) is 0.961. The van der Waals surface area contributed by atoms with Gasteiger partial charge in [0.25, 0.3) is 0 Å². The van der Waals surface area contributed by atoms with Crippen molar-refractivity contribution in [3.8, 4) is 0 Å². The summed E-state index contributed by atoms with van der Waals surface area (Å²) in [5.74, 6) is -0.538. The number of rotatable bonds is 7. The highest BCUT2D eigenvalue weighted by Crippen LogP contribution is 2.04. The van der Waals surface area contributed by atoms with Gasteiger partial charge in [-0.3, -0.25) is 4.79 Å². The van der Waals surface area contributed by atoms with Crippen LogP contribution in [-0.2, 0) is 4.79 Å². The molecule has 0 aromatic heterocycles. The summed E-state index contributed by atoms with van der Waals surface area (Å²) < 4.78 is 0. The molecule has 2 unspecified atom stereocenters. The number of hydrogen-bond donors (Lipinski definition) is 6. The largest absolute Gasteiger partial charge is 0.394 e. The van der Waals surface area contributed by atoms with Crippen molar-refractivity contribution in [2.75, 3.05) is 13.2 Å². The molecule has 0 radical (unpaired) electrons. The minimum atomic E-state index is -1.69. The van der Waals surface area contributed by atoms with Crippen LogP contribution in [-0.4, -0.2) is 69.0 Å². The lowest BCUT2D eigenvalue weighted by Crippen LogP contribution is -2.49. The molecule has 1 amide bonds. The van der Waals surface area contributed by atoms with E-state index < -0.39 is 36.9 Å². The molecule has 16 heavy (non-hydrogen) atoms. The maximum Gasteiger partial charge on any atom is 0.243 e. The van der Waals surface area contributed by atoms with E-state index in [0.717, 1.165) is 6.08 Å². The van der Waals surface area contributed by atoms with Gasteiger partial charge in [0, 0.05) is 6.54 Å². The molecule has 0 aromatic carbocycles. The number of aliphatic hydroxyl groups excluding tert-OH is 5. The average molecular weight is 235 g/mol. The van der Waals surface area contributed by atoms with Crippen molar-refractivity contribution in [3.05, 3.63) is 12.7 Å². The Hall–Kier alpha value is -0.990. The molecule has 0 aromatic rings. The first kappa shape index (κ1) is 15.0. The van der Waals surface area contributed by atoms with E-state index in [1.165, 1.54) is 0 Å². The van der Waals surface area contributed by atoms with Gasteiger partial charge in [-0.1, -0.05) is 6.58 Å². The van der Waals surface area contributed by atoms with Crippen molar-refractivity contribution < 1.29 is 30.3 Å². The SMILES string of the molecule is C=CC(=O)NC[C@H](O)C(O)[C@H](O)C(O)CO. The fourth-order valence-electron chi connectivity index (χ4n) is 0.961. The van der Waals surface area contributed by atoms with Crippen molar-refractivity contribution in [2.45, 2.75) is 24.4 Å². The molecule has 0 saturated heterocycles. The lowest BCUT2D eigenvalue weighted by atomic mass is 10.0. The van der Waals surface area contributed by atoms with Gasteiger partial charge in [-0.25, -0.2) is 0 Å². The van der Waals surface area contributed by atoms with Gasteiger partial charge < -0.3 is 30.8 Å². The highest BCUT2D eigenvalue weighted by atomic mass is 16.4. The minimum absolute atomic E-state index is 0.304. The van der Waals surface area contributed by atoms with Gasteiger partial charge in [-0.05, 0) is 6.08 Å². The monoisotopic (exact) mass is 235 g/mol. The molecule has 0 spiro atoms. The molecule has 0 aliphatic rings. The normalized spacial score (nSPS) is 18.3. The van der Waals surface area contributed by atoms with Gasteiger partial charge in [0.1, 0.15) is 18.3 Å². The maximum absolute atomic E-state index is 10.7. The Morgan fingerprint density at radius 3 is 2.12 bits per heavy atom. The molecule has 0 aliphatic heterocycles. The van der Waals surface area contributed by atoms with E-state index in [-0.39, 0.29) is 6.54 Å². The van der Waals surface area contributed by atoms with Crippen LogP contribution in [0.1, 0.15) is 0 Å². The van der Waals surface area contributed by atoms with E-state index >= 15 is 0 Å². The summed E-state index contributed by atoms with van der Waals surface area (Å²) in [6.07, 6.45) is -5.40. The molecule has 0 fully saturated rings. The van der Waals surface area contributed by atoms with E-state index in [0.29, 0.717) is 0 Å². The molecule has 7 heteroatoms. The molecule has 7 nitrogen and oxygen atoms in total. The van der Waals surface area contributed by atoms with E-state index in [4.69, 9.17) is 10.2 Å². The third-order valence-corrected chi connectivity index (χ3v) is 2.00. The first-order valence-corrected chi connectivity index (χ1v) is 4.67. The van der Waals surface area contributed by atoms with Gasteiger partial charge in [0.05, 0.1) is 12.7 Å². The minimum Gasteiger partial charge on any atom is -0.394 e. The molecule has 4 atom stereocenters. The highest BCUT2D eigenvalue weighted by molar-refractivity contribution is 5.86. The van der Waals surface area contributed by atoms with E-state index in [9.17, 15) is 20.1 Å². The van der Waals surface area contributed by atoms with E-state index in [1.54, 1.807) is 0 Å². The van der Waals surface area contributed by atoms with Crippen LogP contribution in [0.25, 0.3) is 0 Å². The van der Waals surface area contributed by atoms with Gasteiger partial charge in [0.15, 0.2) is 0 Å². The average Bonchev–Trinajstić information content (AvgIpc) is 2.32. The summed E-state index contributed by atoms with van der Waals surface area (Å²) in [7, 11) is 0. The lowest BCUT2D eigenvalue weighted by Gasteiger charge is -2.25. The second-order valence-electron chi connectivity index (χ2n) is 3.25. The van der Waals surface area contributed by atoms with Crippen molar-refractivity contribution in [1.29, 1.82) is 0 Å². The quantitative estimate of drug-likeness (QED) is 0.257. The van der Waals surface area contributed by atoms with Crippen molar-refractivity contribution in [2.24, 2.45) is 0 Å². The standard InChI is InChI=1S/C9H17NO6/c1-2-7(14)10-3-5(12)8(15)9(16)6(13)4-11/h2,5-6,8-9,11-13,15-16H,1,3-4H2,(H,10,14)/t5-,6?,8?,9+/m0/s1. The zero-order valence-electron chi connectivity index (χ0n) is 8.65. The van der Waals surface area contributed by atoms with Gasteiger partial charge in [-0.2, -0.15) is 0 Å². The van der Waals surface area contributed by atoms with Crippen LogP contribution in [0.4, 0.5) is 0 Å². The van der Waals surface area contributed by atoms with Crippen LogP contribution in [0.2, 0.25) is 0 Å². The maximum atomic E-state index is 10.7. The predicted octanol–water partition coefficient (Wildman–Crippen LogP) is -3.28. The van der Waals surface area contributed by atoms with Crippen LogP contribution >= 0.6 is 0 Å². The second kappa shape index (κ2) is 7.31. The summed E-state index contributed by atoms with van der Waals surface area (Å²) in [5.41, 5.74) is 0. The smallest absolute Gasteiger partial charge is 0.243 e. The number of aliphatic hydroxyl groups is 5. The van der Waals surface area contributed by atoms with Gasteiger partial charge >= 0.3 is 0 Å². The number of nitrogens with one attached hydrogen (secondary N) is 1. The molecular formula is C9H17NO6. The Labute approximate surface area is 92.7 Å². The predicted molar refractivity (Wildman–Crippen MR) is 54.3 cm³/mol. The Morgan fingerprint density at radius 1 is 1.19 bits per heavy atom. The lowest BCUT2D eigenvalue weighted by molar-refractivity contribution is -0.122. The first-order chi connectivity index (χ1) is 7.43. The molecular weight excluding hydrogens is 218 g/mol. The summed E-state index contributed by atoms with van der Waals surface area (Å²) >= 11 is 0. The molecule has 94 valence electrons. The Kier molecular flexibility index (Phi) is 6.86. The summed E-state index contributed by atoms with van der Waals surface area (Å²) in [6, 6.07) is 0. The zero-order valence-corrected chi connectivity index (χ0v) is 8.65. The summed E-state index contributed by atoms with van der Waals surface area (Å²) in [5, 5.41) is 47.6. The Morgan fingerprint density at radius 2 is 1.69 bits per heavy atom. The molecule has 0 aliphatic carbocycles. The van der Waals surface area contributed by atoms with Crippen LogP contribution in [0, 0.1) is 0 Å². The number of amides is 1. The third kappa shape index (κ3) is 4.69. The van der Waals surface area contributed by atoms with Crippen molar-refractivity contribution >= 4 is 5.91 Å². The van der Waals surface area contributed by atoms with Crippen molar-refractivity contribution in [1.82, 2.24) is 5.32 Å². The van der Waals surface area contributed by atoms with E-state index in [1.807, 2.05) is 0 Å². The topological polar surface area (TPSA) is 130 Å². The van der Waals surface area contributed by atoms with Gasteiger partial charge in [-0.15, -0.1) is 0 Å². The Bertz CT molecular complexity index is 234. The summed E-state index contributed by atoms with van der Waals surface area (Å²) in [4.78, 5) is 10.7. The molecule has 0 saturated carbocycles. The molecule has 0 rings (SSSR count). The van der Waals surface area contributed by atoms with Crippen molar-refractivity contribution in [3.63, 3.8) is 0 Å². The molecule has 0 heterocycles. The fraction of sp³-hybridized carbons (Fsp3) is 0.667. The van der Waals surface area contributed by atoms with Crippen LogP contribution in [0.15, 0.2) is 12.7 Å². The van der Waals surface area contributed by atoms with Crippen LogP contribution < -0.4 is 5.32 Å². The van der Waals surface area contributed by atoms with E-state index in [2.05, 4.69) is 11.9 Å². The third-order valence-electron chi connectivity index (χ3n) is 2.00. The molecule has 0 bridgehead atoms. The van der Waals surface area contributed by atoms with Crippen LogP contribution in [0.5, 0.6) is 0 Å². The number of carbonyl (C=O) groups excluding carboxylic acids is 1. The highest BCUT2D eigenvalue weighted by Gasteiger charge is 2.29. The molecule has 6 N–H and O–H groups in total. The Balaban J connectivity index is 4.11. The number of hydrogen-bond acceptors (Lipinski definition) is 6. The summed E-state index contributed by atoms with van der Waals surface area (Å²) in [6.45, 7) is 2.13. The van der Waals surface area contributed by atoms with Gasteiger partial charge in [0.2, 0.25) is 5.91 Å². The number of carbonyl (C=O) groups is 1. The first-order valence-electron chi connectivity index (χ1n) is 4.67.